The van der Waals surface area contributed by atoms with Gasteiger partial charge < -0.3 is 15.3 Å². The molecule has 10 heteroatoms. The number of carboxylic acids is 1. The number of aliphatic carboxylic acids is 1. The molecule has 5 rings (SSSR count). The van der Waals surface area contributed by atoms with Crippen LogP contribution in [-0.4, -0.2) is 64.5 Å². The van der Waals surface area contributed by atoms with Gasteiger partial charge in [-0.15, -0.1) is 0 Å². The summed E-state index contributed by atoms with van der Waals surface area (Å²) >= 11 is 0. The molecule has 4 heterocycles. The highest BCUT2D eigenvalue weighted by Crippen LogP contribution is 2.34. The number of likely N-dealkylation sites (tertiary alicyclic amines) is 2. The summed E-state index contributed by atoms with van der Waals surface area (Å²) in [6, 6.07) is 7.40. The van der Waals surface area contributed by atoms with Crippen LogP contribution in [0, 0.1) is 11.8 Å². The van der Waals surface area contributed by atoms with Gasteiger partial charge in [0.05, 0.1) is 11.5 Å². The minimum absolute atomic E-state index is 0.0337. The quantitative estimate of drug-likeness (QED) is 0.579. The topological polar surface area (TPSA) is 85.8 Å². The van der Waals surface area contributed by atoms with Crippen molar-refractivity contribution in [2.75, 3.05) is 38.0 Å². The van der Waals surface area contributed by atoms with Crippen LogP contribution >= 0.6 is 0 Å². The molecule has 0 saturated carbocycles. The fourth-order valence-corrected chi connectivity index (χ4v) is 5.64. The van der Waals surface area contributed by atoms with Crippen LogP contribution < -0.4 is 5.32 Å². The van der Waals surface area contributed by atoms with E-state index >= 15 is 0 Å². The normalized spacial score (nSPS) is 21.2. The highest BCUT2D eigenvalue weighted by molar-refractivity contribution is 5.81. The number of nitrogens with one attached hydrogen (secondary N) is 1. The number of carbonyl (C=O) groups excluding carboxylic acids is 1. The molecular weight excluding hydrogens is 485 g/mol. The monoisotopic (exact) mass is 516 g/mol. The van der Waals surface area contributed by atoms with Gasteiger partial charge in [-0.05, 0) is 67.3 Å². The summed E-state index contributed by atoms with van der Waals surface area (Å²) in [5.41, 5.74) is 1.79. The van der Waals surface area contributed by atoms with Crippen molar-refractivity contribution in [1.82, 2.24) is 14.8 Å². The van der Waals surface area contributed by atoms with Gasteiger partial charge in [0.1, 0.15) is 11.9 Å². The lowest BCUT2D eigenvalue weighted by Crippen LogP contribution is -2.52. The molecule has 2 aromatic rings. The molecule has 3 aliphatic heterocycles. The van der Waals surface area contributed by atoms with Crippen molar-refractivity contribution >= 4 is 17.7 Å². The number of nitrogens with zero attached hydrogens (tertiary/aromatic N) is 3. The largest absolute Gasteiger partial charge is 0.480 e. The van der Waals surface area contributed by atoms with Gasteiger partial charge in [0.15, 0.2) is 0 Å². The number of pyridine rings is 1. The van der Waals surface area contributed by atoms with E-state index in [1.807, 2.05) is 4.90 Å². The third kappa shape index (κ3) is 5.58. The van der Waals surface area contributed by atoms with Crippen LogP contribution in [0.3, 0.4) is 0 Å². The first kappa shape index (κ1) is 25.5. The Hall–Kier alpha value is -3.14. The zero-order valence-corrected chi connectivity index (χ0v) is 20.5. The van der Waals surface area contributed by atoms with E-state index in [1.54, 1.807) is 4.90 Å². The molecule has 0 aliphatic carbocycles. The summed E-state index contributed by atoms with van der Waals surface area (Å²) in [6.07, 6.45) is 0.0754. The maximum Gasteiger partial charge on any atom is 0.416 e. The van der Waals surface area contributed by atoms with Crippen molar-refractivity contribution in [3.8, 4) is 0 Å². The molecule has 1 aromatic carbocycles. The molecule has 198 valence electrons. The number of carbonyl (C=O) groups is 2. The van der Waals surface area contributed by atoms with E-state index in [0.717, 1.165) is 55.9 Å². The van der Waals surface area contributed by atoms with E-state index in [0.29, 0.717) is 32.0 Å². The van der Waals surface area contributed by atoms with Gasteiger partial charge in [0, 0.05) is 38.4 Å². The Morgan fingerprint density at radius 3 is 2.57 bits per heavy atom. The maximum absolute atomic E-state index is 13.0. The Balaban J connectivity index is 1.11. The van der Waals surface area contributed by atoms with Crippen LogP contribution in [0.15, 0.2) is 36.4 Å². The van der Waals surface area contributed by atoms with Gasteiger partial charge in [0.2, 0.25) is 5.91 Å². The summed E-state index contributed by atoms with van der Waals surface area (Å²) < 4.78 is 38.7. The first-order chi connectivity index (χ1) is 17.7. The van der Waals surface area contributed by atoms with Crippen LogP contribution in [0.4, 0.5) is 19.0 Å². The molecule has 2 unspecified atom stereocenters. The number of hydrogen-bond acceptors (Lipinski definition) is 5. The Kier molecular flexibility index (Phi) is 7.11. The van der Waals surface area contributed by atoms with E-state index in [1.165, 1.54) is 17.7 Å². The number of fused-ring (bicyclic) bond motifs is 1. The lowest BCUT2D eigenvalue weighted by atomic mass is 9.91. The number of halogens is 3. The third-order valence-electron chi connectivity index (χ3n) is 7.75. The summed E-state index contributed by atoms with van der Waals surface area (Å²) in [5, 5.41) is 13.2. The lowest BCUT2D eigenvalue weighted by molar-refractivity contribution is -0.145. The van der Waals surface area contributed by atoms with E-state index < -0.39 is 23.8 Å². The van der Waals surface area contributed by atoms with Crippen LogP contribution in [-0.2, 0) is 28.6 Å². The Morgan fingerprint density at radius 2 is 1.86 bits per heavy atom. The van der Waals surface area contributed by atoms with Crippen LogP contribution in [0.25, 0.3) is 0 Å². The van der Waals surface area contributed by atoms with E-state index in [2.05, 4.69) is 17.4 Å². The average molecular weight is 517 g/mol. The number of benzene rings is 1. The predicted molar refractivity (Wildman–Crippen MR) is 131 cm³/mol. The van der Waals surface area contributed by atoms with E-state index in [-0.39, 0.29) is 23.9 Å². The third-order valence-corrected chi connectivity index (χ3v) is 7.75. The minimum Gasteiger partial charge on any atom is -0.480 e. The van der Waals surface area contributed by atoms with Crippen molar-refractivity contribution < 1.29 is 27.9 Å². The van der Waals surface area contributed by atoms with Crippen molar-refractivity contribution in [2.24, 2.45) is 11.8 Å². The number of carboxylic acid groups (broad SMARTS) is 1. The fourth-order valence-electron chi connectivity index (χ4n) is 5.64. The van der Waals surface area contributed by atoms with Gasteiger partial charge in [-0.2, -0.15) is 13.2 Å². The minimum atomic E-state index is -4.48. The van der Waals surface area contributed by atoms with Crippen LogP contribution in [0.2, 0.25) is 0 Å². The highest BCUT2D eigenvalue weighted by atomic mass is 19.4. The molecular formula is C27H31F3N4O3. The molecule has 2 atom stereocenters. The van der Waals surface area contributed by atoms with Crippen molar-refractivity contribution in [2.45, 2.75) is 44.3 Å². The second-order valence-electron chi connectivity index (χ2n) is 10.3. The zero-order chi connectivity index (χ0) is 26.2. The Labute approximate surface area is 213 Å². The SMILES string of the molecule is O=C(O)C(c1ccc(C(F)(F)F)cc1)N1CCC(C(=O)N2CC(CCc3ccc4c(n3)NCCC4)C2)C1. The number of aryl methyl sites for hydroxylation is 2. The zero-order valence-electron chi connectivity index (χ0n) is 20.5. The molecule has 2 fully saturated rings. The molecule has 37 heavy (non-hydrogen) atoms. The standard InChI is InChI=1S/C27H31F3N4O3/c28-27(29,30)21-7-4-18(5-8-21)23(26(36)37)33-13-11-20(16-33)25(35)34-14-17(15-34)3-9-22-10-6-19-2-1-12-31-24(19)32-22/h4-8,10,17,20,23H,1-3,9,11-16H2,(H,31,32)(H,36,37). The summed E-state index contributed by atoms with van der Waals surface area (Å²) in [7, 11) is 0. The Morgan fingerprint density at radius 1 is 1.11 bits per heavy atom. The molecule has 7 nitrogen and oxygen atoms in total. The number of aromatic nitrogens is 1. The predicted octanol–water partition coefficient (Wildman–Crippen LogP) is 4.00. The van der Waals surface area contributed by atoms with Gasteiger partial charge in [0.25, 0.3) is 0 Å². The van der Waals surface area contributed by atoms with Crippen molar-refractivity contribution in [3.63, 3.8) is 0 Å². The smallest absolute Gasteiger partial charge is 0.416 e. The maximum atomic E-state index is 13.0. The molecule has 2 saturated heterocycles. The second kappa shape index (κ2) is 10.3. The molecule has 0 bridgehead atoms. The molecule has 1 aromatic heterocycles. The van der Waals surface area contributed by atoms with Crippen LogP contribution in [0.5, 0.6) is 0 Å². The van der Waals surface area contributed by atoms with Gasteiger partial charge in [-0.1, -0.05) is 18.2 Å². The Bertz CT molecular complexity index is 1150. The van der Waals surface area contributed by atoms with Gasteiger partial charge in [-0.3, -0.25) is 14.5 Å². The number of rotatable bonds is 7. The molecule has 1 amide bonds. The highest BCUT2D eigenvalue weighted by Gasteiger charge is 2.41. The van der Waals surface area contributed by atoms with Gasteiger partial charge in [-0.25, -0.2) is 4.98 Å². The van der Waals surface area contributed by atoms with Crippen molar-refractivity contribution in [3.05, 3.63) is 58.8 Å². The van der Waals surface area contributed by atoms with E-state index in [9.17, 15) is 27.9 Å². The number of hydrogen-bond donors (Lipinski definition) is 2. The second-order valence-corrected chi connectivity index (χ2v) is 10.3. The molecule has 2 N–H and O–H groups in total. The lowest BCUT2D eigenvalue weighted by Gasteiger charge is -2.41. The van der Waals surface area contributed by atoms with Crippen molar-refractivity contribution in [1.29, 1.82) is 0 Å². The van der Waals surface area contributed by atoms with Crippen LogP contribution in [0.1, 0.15) is 47.7 Å². The summed E-state index contributed by atoms with van der Waals surface area (Å²) in [4.78, 5) is 33.3. The number of amides is 1. The average Bonchev–Trinajstić information content (AvgIpc) is 3.32. The molecule has 0 spiro atoms. The summed E-state index contributed by atoms with van der Waals surface area (Å²) in [5.74, 6) is 0.0157. The van der Waals surface area contributed by atoms with Gasteiger partial charge >= 0.3 is 12.1 Å². The molecule has 0 radical (unpaired) electrons. The summed E-state index contributed by atoms with van der Waals surface area (Å²) in [6.45, 7) is 3.03. The first-order valence-corrected chi connectivity index (χ1v) is 12.8. The number of alkyl halides is 3. The first-order valence-electron chi connectivity index (χ1n) is 12.8. The van der Waals surface area contributed by atoms with E-state index in [4.69, 9.17) is 4.98 Å². The fraction of sp³-hybridized carbons (Fsp3) is 0.519. The number of anilines is 1. The molecule has 3 aliphatic rings.